The zero-order chi connectivity index (χ0) is 17.1. The number of fused-ring (bicyclic) bond motifs is 1. The second-order valence-corrected chi connectivity index (χ2v) is 5.53. The summed E-state index contributed by atoms with van der Waals surface area (Å²) in [4.78, 5) is 27.8. The Hall–Kier alpha value is -3.04. The van der Waals surface area contributed by atoms with E-state index in [1.807, 2.05) is 13.8 Å². The van der Waals surface area contributed by atoms with E-state index in [4.69, 9.17) is 0 Å². The Morgan fingerprint density at radius 1 is 1.38 bits per heavy atom. The molecule has 24 heavy (non-hydrogen) atoms. The highest BCUT2D eigenvalue weighted by molar-refractivity contribution is 5.75. The first-order chi connectivity index (χ1) is 11.5. The van der Waals surface area contributed by atoms with E-state index in [9.17, 15) is 9.59 Å². The van der Waals surface area contributed by atoms with E-state index in [1.165, 1.54) is 6.07 Å². The van der Waals surface area contributed by atoms with Gasteiger partial charge < -0.3 is 5.32 Å². The largest absolute Gasteiger partial charge is 0.352 e. The smallest absolute Gasteiger partial charge is 0.266 e. The number of amides is 1. The minimum Gasteiger partial charge on any atom is -0.352 e. The van der Waals surface area contributed by atoms with Crippen LogP contribution in [-0.4, -0.2) is 41.1 Å². The van der Waals surface area contributed by atoms with E-state index in [0.717, 1.165) is 17.0 Å². The van der Waals surface area contributed by atoms with Crippen molar-refractivity contribution in [3.8, 4) is 0 Å². The average Bonchev–Trinajstić information content (AvgIpc) is 3.16. The number of aromatic nitrogens is 7. The van der Waals surface area contributed by atoms with Gasteiger partial charge in [0.25, 0.3) is 5.56 Å². The van der Waals surface area contributed by atoms with Gasteiger partial charge in [0.15, 0.2) is 11.5 Å². The van der Waals surface area contributed by atoms with E-state index < -0.39 is 0 Å². The number of carbonyl (C=O) groups is 1. The lowest BCUT2D eigenvalue weighted by Gasteiger charge is -2.12. The molecule has 0 aliphatic carbocycles. The maximum Gasteiger partial charge on any atom is 0.266 e. The standard InChI is InChI=1S/C14H18N8O2/c1-8-10(9(2)22-12(16-8)6-14(24)19-22)7-15-13(23)5-3-4-11-17-20-21-18-11/h6H,3-5,7H2,1-2H3,(H,15,23)(H,19,24)(H,17,18,20,21). The molecule has 1 amide bonds. The first-order valence-corrected chi connectivity index (χ1v) is 7.61. The van der Waals surface area contributed by atoms with Gasteiger partial charge in [-0.3, -0.25) is 14.7 Å². The highest BCUT2D eigenvalue weighted by Gasteiger charge is 2.12. The molecule has 0 aliphatic rings. The Balaban J connectivity index is 1.60. The molecular formula is C14H18N8O2. The number of nitrogens with zero attached hydrogens (tertiary/aromatic N) is 5. The molecule has 0 bridgehead atoms. The van der Waals surface area contributed by atoms with Gasteiger partial charge in [-0.25, -0.2) is 9.50 Å². The van der Waals surface area contributed by atoms with Gasteiger partial charge in [0.1, 0.15) is 0 Å². The summed E-state index contributed by atoms with van der Waals surface area (Å²) >= 11 is 0. The van der Waals surface area contributed by atoms with Gasteiger partial charge in [0.05, 0.1) is 0 Å². The topological polar surface area (TPSA) is 134 Å². The van der Waals surface area contributed by atoms with Crippen LogP contribution in [0, 0.1) is 13.8 Å². The lowest BCUT2D eigenvalue weighted by atomic mass is 10.1. The molecule has 3 heterocycles. The second-order valence-electron chi connectivity index (χ2n) is 5.53. The van der Waals surface area contributed by atoms with E-state index in [2.05, 4.69) is 36.0 Å². The van der Waals surface area contributed by atoms with E-state index in [0.29, 0.717) is 37.3 Å². The van der Waals surface area contributed by atoms with E-state index in [-0.39, 0.29) is 11.5 Å². The van der Waals surface area contributed by atoms with Gasteiger partial charge in [-0.1, -0.05) is 5.21 Å². The number of hydrogen-bond acceptors (Lipinski definition) is 6. The number of carbonyl (C=O) groups excluding carboxylic acids is 1. The first kappa shape index (κ1) is 15.8. The van der Waals surface area contributed by atoms with Crippen molar-refractivity contribution in [1.82, 2.24) is 40.5 Å². The van der Waals surface area contributed by atoms with Crippen LogP contribution >= 0.6 is 0 Å². The number of aromatic amines is 2. The van der Waals surface area contributed by atoms with Crippen LogP contribution < -0.4 is 10.9 Å². The minimum absolute atomic E-state index is 0.0570. The molecule has 10 nitrogen and oxygen atoms in total. The van der Waals surface area contributed by atoms with Crippen molar-refractivity contribution in [3.05, 3.63) is 39.2 Å². The predicted molar refractivity (Wildman–Crippen MR) is 84.2 cm³/mol. The average molecular weight is 330 g/mol. The molecule has 3 aromatic heterocycles. The molecule has 126 valence electrons. The van der Waals surface area contributed by atoms with Crippen molar-refractivity contribution < 1.29 is 4.79 Å². The lowest BCUT2D eigenvalue weighted by Crippen LogP contribution is -2.24. The van der Waals surface area contributed by atoms with E-state index >= 15 is 0 Å². The predicted octanol–water partition coefficient (Wildman–Crippen LogP) is -0.208. The van der Waals surface area contributed by atoms with Crippen molar-refractivity contribution in [2.45, 2.75) is 39.7 Å². The molecule has 0 unspecified atom stereocenters. The molecule has 3 N–H and O–H groups in total. The molecule has 0 radical (unpaired) electrons. The van der Waals surface area contributed by atoms with Crippen LogP contribution in [0.25, 0.3) is 5.65 Å². The van der Waals surface area contributed by atoms with Crippen molar-refractivity contribution in [2.75, 3.05) is 0 Å². The molecule has 3 rings (SSSR count). The van der Waals surface area contributed by atoms with Crippen molar-refractivity contribution in [3.63, 3.8) is 0 Å². The van der Waals surface area contributed by atoms with Crippen LogP contribution in [0.1, 0.15) is 35.6 Å². The number of rotatable bonds is 6. The SMILES string of the molecule is Cc1nc2cc(=O)[nH]n2c(C)c1CNC(=O)CCCc1nn[nH]n1. The highest BCUT2D eigenvalue weighted by atomic mass is 16.1. The zero-order valence-corrected chi connectivity index (χ0v) is 13.5. The molecule has 10 heteroatoms. The maximum atomic E-state index is 12.0. The number of H-pyrrole nitrogens is 2. The van der Waals surface area contributed by atoms with Gasteiger partial charge >= 0.3 is 0 Å². The van der Waals surface area contributed by atoms with Crippen LogP contribution in [0.2, 0.25) is 0 Å². The van der Waals surface area contributed by atoms with Crippen molar-refractivity contribution in [1.29, 1.82) is 0 Å². The van der Waals surface area contributed by atoms with E-state index in [1.54, 1.807) is 4.52 Å². The normalized spacial score (nSPS) is 11.1. The third-order valence-corrected chi connectivity index (χ3v) is 3.86. The molecule has 0 aliphatic heterocycles. The summed E-state index contributed by atoms with van der Waals surface area (Å²) in [6, 6.07) is 1.44. The molecule has 0 saturated carbocycles. The molecule has 0 saturated heterocycles. The summed E-state index contributed by atoms with van der Waals surface area (Å²) in [6.07, 6.45) is 1.62. The summed E-state index contributed by atoms with van der Waals surface area (Å²) in [7, 11) is 0. The Labute approximate surface area is 136 Å². The first-order valence-electron chi connectivity index (χ1n) is 7.61. The van der Waals surface area contributed by atoms with Crippen LogP contribution in [0.3, 0.4) is 0 Å². The quantitative estimate of drug-likeness (QED) is 0.572. The third kappa shape index (κ3) is 3.31. The molecule has 0 fully saturated rings. The molecular weight excluding hydrogens is 312 g/mol. The molecule has 0 spiro atoms. The van der Waals surface area contributed by atoms with Crippen LogP contribution in [0.4, 0.5) is 0 Å². The summed E-state index contributed by atoms with van der Waals surface area (Å²) in [6.45, 7) is 4.11. The Morgan fingerprint density at radius 2 is 2.21 bits per heavy atom. The summed E-state index contributed by atoms with van der Waals surface area (Å²) in [5.74, 6) is 0.541. The number of tetrazole rings is 1. The number of nitrogens with one attached hydrogen (secondary N) is 3. The minimum atomic E-state index is -0.201. The Morgan fingerprint density at radius 3 is 2.96 bits per heavy atom. The number of hydrogen-bond donors (Lipinski definition) is 3. The summed E-state index contributed by atoms with van der Waals surface area (Å²) in [5.41, 5.74) is 2.91. The molecule has 0 atom stereocenters. The second kappa shape index (κ2) is 6.60. The Kier molecular flexibility index (Phi) is 4.36. The van der Waals surface area contributed by atoms with Gasteiger partial charge in [0.2, 0.25) is 5.91 Å². The van der Waals surface area contributed by atoms with Crippen LogP contribution in [-0.2, 0) is 17.8 Å². The third-order valence-electron chi connectivity index (χ3n) is 3.86. The van der Waals surface area contributed by atoms with Crippen molar-refractivity contribution in [2.24, 2.45) is 0 Å². The molecule has 0 aromatic carbocycles. The zero-order valence-electron chi connectivity index (χ0n) is 13.5. The summed E-state index contributed by atoms with van der Waals surface area (Å²) in [5, 5.41) is 19.1. The van der Waals surface area contributed by atoms with Crippen LogP contribution in [0.5, 0.6) is 0 Å². The Bertz CT molecular complexity index is 909. The lowest BCUT2D eigenvalue weighted by molar-refractivity contribution is -0.121. The summed E-state index contributed by atoms with van der Waals surface area (Å²) < 4.78 is 1.63. The van der Waals surface area contributed by atoms with Gasteiger partial charge in [0, 0.05) is 42.4 Å². The monoisotopic (exact) mass is 330 g/mol. The fraction of sp³-hybridized carbons (Fsp3) is 0.429. The van der Waals surface area contributed by atoms with Crippen molar-refractivity contribution >= 4 is 11.6 Å². The van der Waals surface area contributed by atoms with Gasteiger partial charge in [-0.05, 0) is 20.3 Å². The fourth-order valence-corrected chi connectivity index (χ4v) is 2.58. The maximum absolute atomic E-state index is 12.0. The van der Waals surface area contributed by atoms with Gasteiger partial charge in [-0.2, -0.15) is 5.21 Å². The number of aryl methyl sites for hydroxylation is 3. The van der Waals surface area contributed by atoms with Gasteiger partial charge in [-0.15, -0.1) is 10.2 Å². The fourth-order valence-electron chi connectivity index (χ4n) is 2.58. The highest BCUT2D eigenvalue weighted by Crippen LogP contribution is 2.13. The van der Waals surface area contributed by atoms with Crippen LogP contribution in [0.15, 0.2) is 10.9 Å². The molecule has 3 aromatic rings.